The molecule has 1 aliphatic rings. The largest absolute Gasteiger partial charge is 0.352 e. The lowest BCUT2D eigenvalue weighted by atomic mass is 10.2. The molecule has 7 heteroatoms. The minimum atomic E-state index is 0.135. The number of aromatic nitrogens is 3. The zero-order chi connectivity index (χ0) is 18.0. The summed E-state index contributed by atoms with van der Waals surface area (Å²) in [5, 5.41) is 3.23. The third-order valence-electron chi connectivity index (χ3n) is 4.10. The summed E-state index contributed by atoms with van der Waals surface area (Å²) in [5.74, 6) is 2.28. The fraction of sp³-hybridized carbons (Fsp3) is 0.444. The van der Waals surface area contributed by atoms with Gasteiger partial charge in [0.2, 0.25) is 17.8 Å². The number of rotatable bonds is 6. The van der Waals surface area contributed by atoms with Crippen LogP contribution in [0.5, 0.6) is 0 Å². The Morgan fingerprint density at radius 3 is 2.68 bits per heavy atom. The van der Waals surface area contributed by atoms with E-state index in [2.05, 4.69) is 34.1 Å². The highest BCUT2D eigenvalue weighted by atomic mass is 16.2. The summed E-state index contributed by atoms with van der Waals surface area (Å²) in [5.41, 5.74) is 2.09. The molecule has 1 amide bonds. The summed E-state index contributed by atoms with van der Waals surface area (Å²) in [6, 6.07) is 7.92. The minimum Gasteiger partial charge on any atom is -0.352 e. The van der Waals surface area contributed by atoms with Gasteiger partial charge in [0.1, 0.15) is 5.82 Å². The summed E-state index contributed by atoms with van der Waals surface area (Å²) in [7, 11) is 3.81. The van der Waals surface area contributed by atoms with E-state index in [9.17, 15) is 4.79 Å². The molecule has 1 aliphatic heterocycles. The van der Waals surface area contributed by atoms with Gasteiger partial charge in [-0.25, -0.2) is 0 Å². The van der Waals surface area contributed by atoms with Crippen molar-refractivity contribution in [3.63, 3.8) is 0 Å². The van der Waals surface area contributed by atoms with Gasteiger partial charge in [-0.2, -0.15) is 15.0 Å². The van der Waals surface area contributed by atoms with Gasteiger partial charge in [-0.3, -0.25) is 4.79 Å². The molecule has 2 heterocycles. The number of anilines is 3. The molecule has 7 nitrogen and oxygen atoms in total. The SMILES string of the molecule is CC(C)c1nc(NCCN2C(=O)Cc3ccccc32)nc(N(C)C)n1. The van der Waals surface area contributed by atoms with Crippen LogP contribution in [0.4, 0.5) is 17.6 Å². The highest BCUT2D eigenvalue weighted by molar-refractivity contribution is 6.01. The van der Waals surface area contributed by atoms with Gasteiger partial charge >= 0.3 is 0 Å². The van der Waals surface area contributed by atoms with Crippen molar-refractivity contribution < 1.29 is 4.79 Å². The molecule has 0 aliphatic carbocycles. The fourth-order valence-corrected chi connectivity index (χ4v) is 2.76. The highest BCUT2D eigenvalue weighted by Crippen LogP contribution is 2.27. The predicted molar refractivity (Wildman–Crippen MR) is 99.2 cm³/mol. The van der Waals surface area contributed by atoms with Crippen LogP contribution in [-0.2, 0) is 11.2 Å². The molecule has 0 atom stereocenters. The van der Waals surface area contributed by atoms with Crippen molar-refractivity contribution in [2.45, 2.75) is 26.2 Å². The number of hydrogen-bond donors (Lipinski definition) is 1. The molecule has 132 valence electrons. The van der Waals surface area contributed by atoms with Gasteiger partial charge in [-0.1, -0.05) is 32.0 Å². The first-order valence-electron chi connectivity index (χ1n) is 8.51. The molecule has 0 radical (unpaired) electrons. The molecule has 0 spiro atoms. The molecule has 2 aromatic rings. The standard InChI is InChI=1S/C18H24N6O/c1-12(2)16-20-17(22-18(21-16)23(3)4)19-9-10-24-14-8-6-5-7-13(14)11-15(24)25/h5-8,12H,9-11H2,1-4H3,(H,19,20,21,22). The van der Waals surface area contributed by atoms with E-state index < -0.39 is 0 Å². The molecule has 3 rings (SSSR count). The molecular weight excluding hydrogens is 316 g/mol. The maximum atomic E-state index is 12.2. The van der Waals surface area contributed by atoms with Crippen molar-refractivity contribution in [1.29, 1.82) is 0 Å². The van der Waals surface area contributed by atoms with Crippen LogP contribution < -0.4 is 15.1 Å². The summed E-state index contributed by atoms with van der Waals surface area (Å²) in [4.78, 5) is 29.3. The Morgan fingerprint density at radius 2 is 1.96 bits per heavy atom. The first-order valence-corrected chi connectivity index (χ1v) is 8.51. The number of hydrogen-bond acceptors (Lipinski definition) is 6. The Balaban J connectivity index is 1.69. The van der Waals surface area contributed by atoms with E-state index in [1.807, 2.05) is 48.2 Å². The third-order valence-corrected chi connectivity index (χ3v) is 4.10. The zero-order valence-corrected chi connectivity index (χ0v) is 15.2. The van der Waals surface area contributed by atoms with Crippen molar-refractivity contribution in [1.82, 2.24) is 15.0 Å². The maximum absolute atomic E-state index is 12.2. The number of nitrogens with one attached hydrogen (secondary N) is 1. The van der Waals surface area contributed by atoms with E-state index in [0.29, 0.717) is 31.4 Å². The Morgan fingerprint density at radius 1 is 1.20 bits per heavy atom. The van der Waals surface area contributed by atoms with Gasteiger partial charge in [0.05, 0.1) is 6.42 Å². The topological polar surface area (TPSA) is 74.2 Å². The second-order valence-electron chi connectivity index (χ2n) is 6.64. The molecule has 25 heavy (non-hydrogen) atoms. The normalized spacial score (nSPS) is 13.3. The summed E-state index contributed by atoms with van der Waals surface area (Å²) >= 11 is 0. The summed E-state index contributed by atoms with van der Waals surface area (Å²) < 4.78 is 0. The van der Waals surface area contributed by atoms with Crippen LogP contribution in [0.1, 0.15) is 31.2 Å². The van der Waals surface area contributed by atoms with Crippen molar-refractivity contribution in [2.24, 2.45) is 0 Å². The second kappa shape index (κ2) is 7.04. The number of benzene rings is 1. The van der Waals surface area contributed by atoms with Crippen LogP contribution in [0.3, 0.4) is 0 Å². The van der Waals surface area contributed by atoms with Gasteiger partial charge in [0, 0.05) is 38.8 Å². The number of nitrogens with zero attached hydrogens (tertiary/aromatic N) is 5. The Bertz CT molecular complexity index is 748. The minimum absolute atomic E-state index is 0.135. The average molecular weight is 340 g/mol. The molecule has 0 saturated heterocycles. The van der Waals surface area contributed by atoms with Crippen LogP contribution in [0, 0.1) is 0 Å². The molecule has 0 fully saturated rings. The Hall–Kier alpha value is -2.70. The van der Waals surface area contributed by atoms with E-state index in [1.165, 1.54) is 0 Å². The molecule has 0 unspecified atom stereocenters. The quantitative estimate of drug-likeness (QED) is 0.868. The summed E-state index contributed by atoms with van der Waals surface area (Å²) in [6.45, 7) is 5.26. The zero-order valence-electron chi connectivity index (χ0n) is 15.2. The number of para-hydroxylation sites is 1. The van der Waals surface area contributed by atoms with E-state index in [1.54, 1.807) is 0 Å². The molecule has 0 bridgehead atoms. The lowest BCUT2D eigenvalue weighted by molar-refractivity contribution is -0.117. The summed E-state index contributed by atoms with van der Waals surface area (Å²) in [6.07, 6.45) is 0.476. The third kappa shape index (κ3) is 3.70. The van der Waals surface area contributed by atoms with Gasteiger partial charge in [0.15, 0.2) is 0 Å². The monoisotopic (exact) mass is 340 g/mol. The number of carbonyl (C=O) groups is 1. The predicted octanol–water partition coefficient (Wildman–Crippen LogP) is 2.06. The van der Waals surface area contributed by atoms with Gasteiger partial charge in [-0.15, -0.1) is 0 Å². The van der Waals surface area contributed by atoms with Crippen molar-refractivity contribution in [2.75, 3.05) is 42.3 Å². The van der Waals surface area contributed by atoms with E-state index >= 15 is 0 Å². The van der Waals surface area contributed by atoms with Gasteiger partial charge < -0.3 is 15.1 Å². The number of fused-ring (bicyclic) bond motifs is 1. The second-order valence-corrected chi connectivity index (χ2v) is 6.64. The van der Waals surface area contributed by atoms with Crippen LogP contribution >= 0.6 is 0 Å². The van der Waals surface area contributed by atoms with Crippen LogP contribution in [0.2, 0.25) is 0 Å². The van der Waals surface area contributed by atoms with Crippen LogP contribution in [0.25, 0.3) is 0 Å². The maximum Gasteiger partial charge on any atom is 0.231 e. The molecule has 1 aromatic carbocycles. The first-order chi connectivity index (χ1) is 12.0. The van der Waals surface area contributed by atoms with Crippen molar-refractivity contribution in [3.05, 3.63) is 35.7 Å². The van der Waals surface area contributed by atoms with Crippen LogP contribution in [0.15, 0.2) is 24.3 Å². The molecular formula is C18H24N6O. The van der Waals surface area contributed by atoms with Crippen molar-refractivity contribution >= 4 is 23.5 Å². The van der Waals surface area contributed by atoms with Crippen LogP contribution in [-0.4, -0.2) is 48.0 Å². The fourth-order valence-electron chi connectivity index (χ4n) is 2.76. The molecule has 0 saturated carbocycles. The molecule has 1 aromatic heterocycles. The molecule has 1 N–H and O–H groups in total. The van der Waals surface area contributed by atoms with Gasteiger partial charge in [-0.05, 0) is 11.6 Å². The lowest BCUT2D eigenvalue weighted by Gasteiger charge is -2.18. The Kier molecular flexibility index (Phi) is 4.83. The van der Waals surface area contributed by atoms with Crippen molar-refractivity contribution in [3.8, 4) is 0 Å². The number of amides is 1. The first kappa shape index (κ1) is 17.1. The van der Waals surface area contributed by atoms with E-state index in [0.717, 1.165) is 17.1 Å². The lowest BCUT2D eigenvalue weighted by Crippen LogP contribution is -2.32. The smallest absolute Gasteiger partial charge is 0.231 e. The van der Waals surface area contributed by atoms with E-state index in [-0.39, 0.29) is 11.8 Å². The highest BCUT2D eigenvalue weighted by Gasteiger charge is 2.26. The van der Waals surface area contributed by atoms with E-state index in [4.69, 9.17) is 0 Å². The van der Waals surface area contributed by atoms with Gasteiger partial charge in [0.25, 0.3) is 0 Å². The average Bonchev–Trinajstić information content (AvgIpc) is 2.90. The number of carbonyl (C=O) groups excluding carboxylic acids is 1. The Labute approximate surface area is 148 Å².